The van der Waals surface area contributed by atoms with Crippen LogP contribution in [0.2, 0.25) is 0 Å². The van der Waals surface area contributed by atoms with E-state index in [0.29, 0.717) is 19.5 Å². The second kappa shape index (κ2) is 10.3. The van der Waals surface area contributed by atoms with E-state index >= 15 is 0 Å². The molecule has 1 unspecified atom stereocenters. The third-order valence-electron chi connectivity index (χ3n) is 4.40. The van der Waals surface area contributed by atoms with Crippen molar-refractivity contribution in [1.29, 1.82) is 0 Å². The summed E-state index contributed by atoms with van der Waals surface area (Å²) in [6.07, 6.45) is 4.34. The van der Waals surface area contributed by atoms with Crippen LogP contribution in [-0.4, -0.2) is 42.4 Å². The maximum Gasteiger partial charge on any atom is 0.254 e. The molecule has 2 rings (SSSR count). The van der Waals surface area contributed by atoms with Gasteiger partial charge < -0.3 is 16.0 Å². The van der Waals surface area contributed by atoms with Gasteiger partial charge in [-0.3, -0.25) is 9.59 Å². The van der Waals surface area contributed by atoms with Crippen molar-refractivity contribution >= 4 is 24.2 Å². The Morgan fingerprint density at radius 1 is 1.25 bits per heavy atom. The first kappa shape index (κ1) is 20.5. The number of piperidine rings is 1. The highest BCUT2D eigenvalue weighted by Gasteiger charge is 2.27. The lowest BCUT2D eigenvalue weighted by Gasteiger charge is -2.36. The number of aryl methyl sites for hydroxylation is 1. The lowest BCUT2D eigenvalue weighted by atomic mass is 10.00. The standard InChI is InChI=1S/C18H27N3O2.ClH/c1-2-14-6-8-15(9-7-14)18(23)21-12-4-3-5-16(21)13-20-17(22)10-11-19;/h6-9,16H,2-5,10-13,19H2,1H3,(H,20,22);1H. The Morgan fingerprint density at radius 3 is 2.58 bits per heavy atom. The third-order valence-corrected chi connectivity index (χ3v) is 4.40. The summed E-state index contributed by atoms with van der Waals surface area (Å²) in [7, 11) is 0. The molecule has 0 spiro atoms. The van der Waals surface area contributed by atoms with Crippen molar-refractivity contribution in [2.45, 2.75) is 45.1 Å². The third kappa shape index (κ3) is 5.49. The van der Waals surface area contributed by atoms with E-state index in [2.05, 4.69) is 12.2 Å². The zero-order valence-corrected chi connectivity index (χ0v) is 15.1. The molecule has 1 aromatic rings. The highest BCUT2D eigenvalue weighted by atomic mass is 35.5. The maximum absolute atomic E-state index is 12.8. The normalized spacial score (nSPS) is 17.1. The molecule has 1 heterocycles. The zero-order valence-electron chi connectivity index (χ0n) is 14.3. The summed E-state index contributed by atoms with van der Waals surface area (Å²) in [5.41, 5.74) is 7.34. The van der Waals surface area contributed by atoms with Crippen molar-refractivity contribution < 1.29 is 9.59 Å². The molecule has 1 aliphatic rings. The highest BCUT2D eigenvalue weighted by molar-refractivity contribution is 5.94. The van der Waals surface area contributed by atoms with Gasteiger partial charge in [-0.2, -0.15) is 0 Å². The van der Waals surface area contributed by atoms with Crippen LogP contribution in [0, 0.1) is 0 Å². The molecule has 1 aliphatic heterocycles. The van der Waals surface area contributed by atoms with Crippen LogP contribution in [-0.2, 0) is 11.2 Å². The molecular weight excluding hydrogens is 326 g/mol. The number of likely N-dealkylation sites (tertiary alicyclic amines) is 1. The predicted octanol–water partition coefficient (Wildman–Crippen LogP) is 2.13. The summed E-state index contributed by atoms with van der Waals surface area (Å²) >= 11 is 0. The Morgan fingerprint density at radius 2 is 1.96 bits per heavy atom. The molecule has 24 heavy (non-hydrogen) atoms. The number of benzene rings is 1. The molecule has 1 saturated heterocycles. The Kier molecular flexibility index (Phi) is 8.79. The first-order valence-corrected chi connectivity index (χ1v) is 8.52. The van der Waals surface area contributed by atoms with E-state index in [1.807, 2.05) is 29.2 Å². The van der Waals surface area contributed by atoms with Crippen LogP contribution in [0.1, 0.15) is 48.5 Å². The fourth-order valence-corrected chi connectivity index (χ4v) is 2.98. The second-order valence-corrected chi connectivity index (χ2v) is 6.04. The minimum Gasteiger partial charge on any atom is -0.354 e. The number of halogens is 1. The molecule has 1 aromatic carbocycles. The largest absolute Gasteiger partial charge is 0.354 e. The lowest BCUT2D eigenvalue weighted by molar-refractivity contribution is -0.121. The summed E-state index contributed by atoms with van der Waals surface area (Å²) in [6.45, 7) is 3.72. The van der Waals surface area contributed by atoms with Crippen LogP contribution in [0.5, 0.6) is 0 Å². The van der Waals surface area contributed by atoms with Crippen molar-refractivity contribution in [3.63, 3.8) is 0 Å². The van der Waals surface area contributed by atoms with Gasteiger partial charge in [-0.15, -0.1) is 12.4 Å². The lowest BCUT2D eigenvalue weighted by Crippen LogP contribution is -2.49. The number of hydrogen-bond acceptors (Lipinski definition) is 3. The Bertz CT molecular complexity index is 534. The number of nitrogens with zero attached hydrogens (tertiary/aromatic N) is 1. The molecule has 0 bridgehead atoms. The van der Waals surface area contributed by atoms with E-state index in [0.717, 1.165) is 37.8 Å². The van der Waals surface area contributed by atoms with E-state index < -0.39 is 0 Å². The van der Waals surface area contributed by atoms with E-state index in [9.17, 15) is 9.59 Å². The fourth-order valence-electron chi connectivity index (χ4n) is 2.98. The number of nitrogens with one attached hydrogen (secondary N) is 1. The van der Waals surface area contributed by atoms with Gasteiger partial charge in [0.1, 0.15) is 0 Å². The van der Waals surface area contributed by atoms with Crippen molar-refractivity contribution in [3.8, 4) is 0 Å². The SMILES string of the molecule is CCc1ccc(C(=O)N2CCCCC2CNC(=O)CCN)cc1.Cl. The first-order chi connectivity index (χ1) is 11.2. The molecule has 0 aromatic heterocycles. The summed E-state index contributed by atoms with van der Waals surface area (Å²) < 4.78 is 0. The quantitative estimate of drug-likeness (QED) is 0.822. The summed E-state index contributed by atoms with van der Waals surface area (Å²) in [5, 5.41) is 2.90. The van der Waals surface area contributed by atoms with Crippen LogP contribution in [0.25, 0.3) is 0 Å². The van der Waals surface area contributed by atoms with Gasteiger partial charge in [-0.25, -0.2) is 0 Å². The number of carbonyl (C=O) groups excluding carboxylic acids is 2. The summed E-state index contributed by atoms with van der Waals surface area (Å²) in [6, 6.07) is 7.90. The van der Waals surface area contributed by atoms with Crippen LogP contribution in [0.15, 0.2) is 24.3 Å². The molecule has 1 fully saturated rings. The Balaban J connectivity index is 0.00000288. The van der Waals surface area contributed by atoms with E-state index in [1.54, 1.807) is 0 Å². The van der Waals surface area contributed by atoms with Gasteiger partial charge in [0.05, 0.1) is 0 Å². The van der Waals surface area contributed by atoms with Gasteiger partial charge in [-0.05, 0) is 43.4 Å². The molecule has 2 amide bonds. The molecule has 0 saturated carbocycles. The molecule has 5 nitrogen and oxygen atoms in total. The fraction of sp³-hybridized carbons (Fsp3) is 0.556. The van der Waals surface area contributed by atoms with Gasteiger partial charge in [-0.1, -0.05) is 19.1 Å². The summed E-state index contributed by atoms with van der Waals surface area (Å²) in [5.74, 6) is 0.0169. The van der Waals surface area contributed by atoms with Crippen LogP contribution in [0.3, 0.4) is 0 Å². The van der Waals surface area contributed by atoms with Gasteiger partial charge in [0.25, 0.3) is 5.91 Å². The zero-order chi connectivity index (χ0) is 16.7. The number of nitrogens with two attached hydrogens (primary N) is 1. The van der Waals surface area contributed by atoms with Crippen molar-refractivity contribution in [2.24, 2.45) is 5.73 Å². The molecule has 134 valence electrons. The smallest absolute Gasteiger partial charge is 0.254 e. The Hall–Kier alpha value is -1.59. The van der Waals surface area contributed by atoms with Gasteiger partial charge >= 0.3 is 0 Å². The monoisotopic (exact) mass is 353 g/mol. The second-order valence-electron chi connectivity index (χ2n) is 6.04. The highest BCUT2D eigenvalue weighted by Crippen LogP contribution is 2.19. The molecule has 0 radical (unpaired) electrons. The Labute approximate surface area is 150 Å². The minimum absolute atomic E-state index is 0. The average Bonchev–Trinajstić information content (AvgIpc) is 2.60. The van der Waals surface area contributed by atoms with Gasteiger partial charge in [0.2, 0.25) is 5.91 Å². The van der Waals surface area contributed by atoms with Gasteiger partial charge in [0.15, 0.2) is 0 Å². The number of hydrogen-bond donors (Lipinski definition) is 2. The average molecular weight is 354 g/mol. The molecule has 6 heteroatoms. The van der Waals surface area contributed by atoms with Crippen LogP contribution in [0.4, 0.5) is 0 Å². The predicted molar refractivity (Wildman–Crippen MR) is 98.4 cm³/mol. The molecule has 0 aliphatic carbocycles. The van der Waals surface area contributed by atoms with Crippen molar-refractivity contribution in [1.82, 2.24) is 10.2 Å². The number of rotatable bonds is 6. The van der Waals surface area contributed by atoms with Crippen molar-refractivity contribution in [2.75, 3.05) is 19.6 Å². The summed E-state index contributed by atoms with van der Waals surface area (Å²) in [4.78, 5) is 26.3. The maximum atomic E-state index is 12.8. The van der Waals surface area contributed by atoms with E-state index in [4.69, 9.17) is 5.73 Å². The van der Waals surface area contributed by atoms with E-state index in [-0.39, 0.29) is 30.3 Å². The number of amides is 2. The van der Waals surface area contributed by atoms with Crippen LogP contribution >= 0.6 is 12.4 Å². The molecule has 3 N–H and O–H groups in total. The minimum atomic E-state index is -0.0437. The van der Waals surface area contributed by atoms with Crippen molar-refractivity contribution in [3.05, 3.63) is 35.4 Å². The number of carbonyl (C=O) groups is 2. The van der Waals surface area contributed by atoms with Gasteiger partial charge in [0, 0.05) is 37.7 Å². The molecule has 1 atom stereocenters. The van der Waals surface area contributed by atoms with Crippen LogP contribution < -0.4 is 11.1 Å². The molecular formula is C18H28ClN3O2. The first-order valence-electron chi connectivity index (χ1n) is 8.52. The topological polar surface area (TPSA) is 75.4 Å². The van der Waals surface area contributed by atoms with E-state index in [1.165, 1.54) is 5.56 Å².